The van der Waals surface area contributed by atoms with Gasteiger partial charge in [0.15, 0.2) is 0 Å². The minimum atomic E-state index is -0.592. The third-order valence-electron chi connectivity index (χ3n) is 5.78. The molecule has 0 amide bonds. The van der Waals surface area contributed by atoms with Crippen LogP contribution in [0.5, 0.6) is 0 Å². The molecule has 5 nitrogen and oxygen atoms in total. The molecule has 8 heteroatoms. The molecule has 3 aromatic carbocycles. The van der Waals surface area contributed by atoms with Crippen molar-refractivity contribution in [1.82, 2.24) is 4.57 Å². The van der Waals surface area contributed by atoms with E-state index in [1.807, 2.05) is 54.6 Å². The second-order valence-electron chi connectivity index (χ2n) is 8.31. The summed E-state index contributed by atoms with van der Waals surface area (Å²) in [5.74, 6) is -0.715. The van der Waals surface area contributed by atoms with Crippen molar-refractivity contribution >= 4 is 77.3 Å². The van der Waals surface area contributed by atoms with Crippen LogP contribution in [0.3, 0.4) is 0 Å². The number of rotatable bonds is 6. The Balaban J connectivity index is 1.59. The molecule has 0 atom stereocenters. The molecular formula is C29H22Br2N2O3S. The maximum atomic E-state index is 12.8. The van der Waals surface area contributed by atoms with Crippen molar-refractivity contribution in [3.63, 3.8) is 0 Å². The zero-order chi connectivity index (χ0) is 25.9. The van der Waals surface area contributed by atoms with Crippen LogP contribution in [0.1, 0.15) is 18.1 Å². The van der Waals surface area contributed by atoms with E-state index in [1.54, 1.807) is 6.92 Å². The number of halogens is 2. The maximum absolute atomic E-state index is 12.8. The van der Waals surface area contributed by atoms with Crippen LogP contribution in [0.2, 0.25) is 0 Å². The van der Waals surface area contributed by atoms with E-state index in [1.165, 1.54) is 17.3 Å². The second kappa shape index (κ2) is 11.1. The Morgan fingerprint density at radius 1 is 1.05 bits per heavy atom. The zero-order valence-electron chi connectivity index (χ0n) is 19.8. The number of carbonyl (C=O) groups is 1. The fourth-order valence-electron chi connectivity index (χ4n) is 4.08. The lowest BCUT2D eigenvalue weighted by Gasteiger charge is -2.06. The number of thioether (sulfide) groups is 1. The summed E-state index contributed by atoms with van der Waals surface area (Å²) in [4.78, 5) is 17.9. The SMILES string of the molecule is CCOC(=O)C1=C(O)/C(=C/c2cn(Cc3ccc(Br)cc3)c3ccc(Br)cc23)SC1=Nc1ccccc1. The van der Waals surface area contributed by atoms with Crippen molar-refractivity contribution in [2.24, 2.45) is 4.99 Å². The molecule has 0 unspecified atom stereocenters. The van der Waals surface area contributed by atoms with Gasteiger partial charge in [-0.2, -0.15) is 0 Å². The van der Waals surface area contributed by atoms with E-state index in [2.05, 4.69) is 71.9 Å². The lowest BCUT2D eigenvalue weighted by molar-refractivity contribution is -0.138. The normalized spacial score (nSPS) is 15.8. The van der Waals surface area contributed by atoms with Crippen molar-refractivity contribution in [3.8, 4) is 0 Å². The molecule has 0 saturated carbocycles. The molecule has 0 spiro atoms. The van der Waals surface area contributed by atoms with Gasteiger partial charge >= 0.3 is 5.97 Å². The number of fused-ring (bicyclic) bond motifs is 1. The molecule has 4 aromatic rings. The number of ether oxygens (including phenoxy) is 1. The number of hydrogen-bond acceptors (Lipinski definition) is 5. The van der Waals surface area contributed by atoms with Gasteiger partial charge in [0.1, 0.15) is 16.4 Å². The molecule has 0 saturated heterocycles. The van der Waals surface area contributed by atoms with E-state index in [0.717, 1.165) is 25.4 Å². The van der Waals surface area contributed by atoms with Gasteiger partial charge in [0.2, 0.25) is 0 Å². The molecule has 1 aliphatic heterocycles. The summed E-state index contributed by atoms with van der Waals surface area (Å²) in [6.45, 7) is 2.63. The molecule has 2 heterocycles. The molecule has 0 radical (unpaired) electrons. The van der Waals surface area contributed by atoms with Crippen LogP contribution in [0.25, 0.3) is 17.0 Å². The Kier molecular flexibility index (Phi) is 7.69. The van der Waals surface area contributed by atoms with Crippen LogP contribution in [0.4, 0.5) is 5.69 Å². The summed E-state index contributed by atoms with van der Waals surface area (Å²) < 4.78 is 9.41. The maximum Gasteiger partial charge on any atom is 0.344 e. The van der Waals surface area contributed by atoms with Crippen LogP contribution in [0.15, 0.2) is 109 Å². The van der Waals surface area contributed by atoms with E-state index in [4.69, 9.17) is 4.74 Å². The van der Waals surface area contributed by atoms with Crippen LogP contribution < -0.4 is 0 Å². The number of aliphatic hydroxyl groups excluding tert-OH is 1. The van der Waals surface area contributed by atoms with Crippen LogP contribution in [0, 0.1) is 0 Å². The average Bonchev–Trinajstić information content (AvgIpc) is 3.37. The predicted octanol–water partition coefficient (Wildman–Crippen LogP) is 8.41. The zero-order valence-corrected chi connectivity index (χ0v) is 23.8. The van der Waals surface area contributed by atoms with Gasteiger partial charge in [-0.05, 0) is 61.0 Å². The molecular weight excluding hydrogens is 616 g/mol. The molecule has 1 N–H and O–H groups in total. The highest BCUT2D eigenvalue weighted by molar-refractivity contribution is 9.10. The van der Waals surface area contributed by atoms with Gasteiger partial charge in [0.25, 0.3) is 0 Å². The van der Waals surface area contributed by atoms with Crippen LogP contribution in [-0.2, 0) is 16.1 Å². The Morgan fingerprint density at radius 3 is 2.51 bits per heavy atom. The second-order valence-corrected chi connectivity index (χ2v) is 11.2. The predicted molar refractivity (Wildman–Crippen MR) is 158 cm³/mol. The average molecular weight is 638 g/mol. The molecule has 186 valence electrons. The first-order valence-electron chi connectivity index (χ1n) is 11.6. The van der Waals surface area contributed by atoms with E-state index < -0.39 is 5.97 Å². The van der Waals surface area contributed by atoms with Gasteiger partial charge in [-0.25, -0.2) is 9.79 Å². The van der Waals surface area contributed by atoms with Gasteiger partial charge in [-0.3, -0.25) is 0 Å². The Morgan fingerprint density at radius 2 is 1.78 bits per heavy atom. The first kappa shape index (κ1) is 25.6. The van der Waals surface area contributed by atoms with Crippen LogP contribution >= 0.6 is 43.6 Å². The molecule has 0 fully saturated rings. The summed E-state index contributed by atoms with van der Waals surface area (Å²) >= 11 is 8.34. The number of carbonyl (C=O) groups excluding carboxylic acids is 1. The van der Waals surface area contributed by atoms with Gasteiger partial charge < -0.3 is 14.4 Å². The number of nitrogens with zero attached hydrogens (tertiary/aromatic N) is 2. The highest BCUT2D eigenvalue weighted by Crippen LogP contribution is 2.41. The molecule has 37 heavy (non-hydrogen) atoms. The third kappa shape index (κ3) is 5.61. The number of esters is 1. The monoisotopic (exact) mass is 636 g/mol. The highest BCUT2D eigenvalue weighted by Gasteiger charge is 2.33. The first-order valence-corrected chi connectivity index (χ1v) is 14.0. The molecule has 1 aliphatic rings. The summed E-state index contributed by atoms with van der Waals surface area (Å²) in [5.41, 5.74) is 3.93. The molecule has 0 aliphatic carbocycles. The smallest absolute Gasteiger partial charge is 0.344 e. The minimum absolute atomic E-state index is 0.0849. The number of aliphatic imine (C=N–C) groups is 1. The number of aromatic nitrogens is 1. The van der Waals surface area contributed by atoms with Gasteiger partial charge in [0.05, 0.1) is 17.2 Å². The Labute approximate surface area is 235 Å². The number of hydrogen-bond donors (Lipinski definition) is 1. The van der Waals surface area contributed by atoms with Crippen molar-refractivity contribution in [1.29, 1.82) is 0 Å². The van der Waals surface area contributed by atoms with Crippen LogP contribution in [-0.4, -0.2) is 27.3 Å². The Hall–Kier alpha value is -3.07. The van der Waals surface area contributed by atoms with E-state index in [-0.39, 0.29) is 17.9 Å². The first-order chi connectivity index (χ1) is 17.9. The van der Waals surface area contributed by atoms with E-state index >= 15 is 0 Å². The number of aliphatic hydroxyl groups is 1. The highest BCUT2D eigenvalue weighted by atomic mass is 79.9. The third-order valence-corrected chi connectivity index (χ3v) is 7.83. The molecule has 0 bridgehead atoms. The van der Waals surface area contributed by atoms with Crippen molar-refractivity contribution in [2.75, 3.05) is 6.61 Å². The van der Waals surface area contributed by atoms with Crippen molar-refractivity contribution in [2.45, 2.75) is 13.5 Å². The largest absolute Gasteiger partial charge is 0.506 e. The Bertz CT molecular complexity index is 1570. The number of para-hydroxylation sites is 1. The van der Waals surface area contributed by atoms with E-state index in [9.17, 15) is 9.90 Å². The summed E-state index contributed by atoms with van der Waals surface area (Å²) in [5, 5.41) is 12.6. The van der Waals surface area contributed by atoms with E-state index in [0.29, 0.717) is 22.2 Å². The summed E-state index contributed by atoms with van der Waals surface area (Å²) in [6.07, 6.45) is 3.97. The van der Waals surface area contributed by atoms with Gasteiger partial charge in [-0.1, -0.05) is 74.0 Å². The number of benzene rings is 3. The lowest BCUT2D eigenvalue weighted by atomic mass is 10.1. The quantitative estimate of drug-likeness (QED) is 0.216. The van der Waals surface area contributed by atoms with Crippen molar-refractivity contribution in [3.05, 3.63) is 115 Å². The fraction of sp³-hybridized carbons (Fsp3) is 0.103. The molecule has 1 aromatic heterocycles. The minimum Gasteiger partial charge on any atom is -0.506 e. The topological polar surface area (TPSA) is 63.8 Å². The van der Waals surface area contributed by atoms with Gasteiger partial charge in [0, 0.05) is 38.2 Å². The van der Waals surface area contributed by atoms with Gasteiger partial charge in [-0.15, -0.1) is 0 Å². The lowest BCUT2D eigenvalue weighted by Crippen LogP contribution is -2.12. The molecule has 5 rings (SSSR count). The summed E-state index contributed by atoms with van der Waals surface area (Å²) in [7, 11) is 0. The summed E-state index contributed by atoms with van der Waals surface area (Å²) in [6, 6.07) is 23.7. The fourth-order valence-corrected chi connectivity index (χ4v) is 5.73. The van der Waals surface area contributed by atoms with Crippen molar-refractivity contribution < 1.29 is 14.6 Å². The standard InChI is InChI=1S/C29H22Br2N2O3S/c1-2-36-29(35)26-27(34)25(37-28(26)32-22-6-4-3-5-7-22)14-19-17-33(16-18-8-10-20(30)11-9-18)24-13-12-21(31)15-23(19)24/h3-15,17,34H,2,16H2,1H3/b25-14-,32-28?.